The molecule has 1 aliphatic heterocycles. The monoisotopic (exact) mass is 362 g/mol. The fourth-order valence-electron chi connectivity index (χ4n) is 3.25. The van der Waals surface area contributed by atoms with Crippen LogP contribution in [0, 0.1) is 0 Å². The van der Waals surface area contributed by atoms with Crippen LogP contribution in [0.1, 0.15) is 37.8 Å². The highest BCUT2D eigenvalue weighted by Crippen LogP contribution is 2.32. The molecule has 142 valence electrons. The third-order valence-electron chi connectivity index (χ3n) is 4.63. The minimum atomic E-state index is -0.380. The van der Waals surface area contributed by atoms with Crippen LogP contribution in [0.2, 0.25) is 0 Å². The number of carbonyl (C=O) groups excluding carboxylic acids is 2. The SMILES string of the molecule is CCOc1cc2c(cc1OCC)C[NH+](CC(=O)NC(=O)NC1CC1)CC2. The Morgan fingerprint density at radius 2 is 1.77 bits per heavy atom. The number of ether oxygens (including phenoxy) is 2. The second-order valence-electron chi connectivity index (χ2n) is 6.83. The molecule has 1 fully saturated rings. The van der Waals surface area contributed by atoms with E-state index in [4.69, 9.17) is 9.47 Å². The van der Waals surface area contributed by atoms with Gasteiger partial charge >= 0.3 is 6.03 Å². The lowest BCUT2D eigenvalue weighted by atomic mass is 9.99. The first kappa shape index (κ1) is 18.5. The highest BCUT2D eigenvalue weighted by Gasteiger charge is 2.27. The fraction of sp³-hybridized carbons (Fsp3) is 0.579. The number of nitrogens with one attached hydrogen (secondary N) is 3. The van der Waals surface area contributed by atoms with Gasteiger partial charge < -0.3 is 19.7 Å². The Balaban J connectivity index is 1.59. The molecule has 3 amide bonds. The van der Waals surface area contributed by atoms with E-state index in [1.807, 2.05) is 19.9 Å². The molecule has 7 nitrogen and oxygen atoms in total. The van der Waals surface area contributed by atoms with E-state index >= 15 is 0 Å². The summed E-state index contributed by atoms with van der Waals surface area (Å²) in [5.74, 6) is 1.30. The summed E-state index contributed by atoms with van der Waals surface area (Å²) in [5.41, 5.74) is 2.42. The Bertz CT molecular complexity index is 673. The number of benzene rings is 1. The number of rotatable bonds is 7. The summed E-state index contributed by atoms with van der Waals surface area (Å²) in [5, 5.41) is 5.19. The molecule has 0 bridgehead atoms. The van der Waals surface area contributed by atoms with Gasteiger partial charge in [-0.15, -0.1) is 0 Å². The van der Waals surface area contributed by atoms with Gasteiger partial charge in [0.2, 0.25) is 0 Å². The standard InChI is InChI=1S/C19H27N3O4/c1-3-25-16-9-13-7-8-22(11-14(13)10-17(16)26-4-2)12-18(23)21-19(24)20-15-5-6-15/h9-10,15H,3-8,11-12H2,1-2H3,(H2,20,21,23,24)/p+1. The summed E-state index contributed by atoms with van der Waals surface area (Å²) in [6.45, 7) is 6.95. The van der Waals surface area contributed by atoms with Crippen LogP contribution >= 0.6 is 0 Å². The molecule has 26 heavy (non-hydrogen) atoms. The molecule has 1 unspecified atom stereocenters. The molecule has 0 saturated heterocycles. The Morgan fingerprint density at radius 3 is 2.38 bits per heavy atom. The first-order valence-corrected chi connectivity index (χ1v) is 9.44. The summed E-state index contributed by atoms with van der Waals surface area (Å²) in [6, 6.07) is 3.95. The first-order chi connectivity index (χ1) is 12.6. The number of hydrogen-bond donors (Lipinski definition) is 3. The lowest BCUT2D eigenvalue weighted by molar-refractivity contribution is -0.908. The van der Waals surface area contributed by atoms with E-state index in [-0.39, 0.29) is 24.5 Å². The van der Waals surface area contributed by atoms with Crippen molar-refractivity contribution in [2.75, 3.05) is 26.3 Å². The van der Waals surface area contributed by atoms with Crippen LogP contribution < -0.4 is 25.0 Å². The van der Waals surface area contributed by atoms with E-state index < -0.39 is 0 Å². The molecule has 2 aliphatic rings. The van der Waals surface area contributed by atoms with Gasteiger partial charge in [0.1, 0.15) is 6.54 Å². The van der Waals surface area contributed by atoms with Crippen molar-refractivity contribution in [1.82, 2.24) is 10.6 Å². The van der Waals surface area contributed by atoms with Crippen molar-refractivity contribution in [3.05, 3.63) is 23.3 Å². The van der Waals surface area contributed by atoms with Crippen LogP contribution in [0.15, 0.2) is 12.1 Å². The maximum atomic E-state index is 12.1. The zero-order valence-corrected chi connectivity index (χ0v) is 15.5. The second kappa shape index (κ2) is 8.40. The molecule has 0 aromatic heterocycles. The maximum Gasteiger partial charge on any atom is 0.321 e. The van der Waals surface area contributed by atoms with Crippen molar-refractivity contribution in [3.63, 3.8) is 0 Å². The number of fused-ring (bicyclic) bond motifs is 1. The minimum Gasteiger partial charge on any atom is -0.490 e. The largest absolute Gasteiger partial charge is 0.490 e. The van der Waals surface area contributed by atoms with Crippen LogP contribution in [-0.4, -0.2) is 44.3 Å². The van der Waals surface area contributed by atoms with Gasteiger partial charge in [-0.05, 0) is 44.4 Å². The van der Waals surface area contributed by atoms with Gasteiger partial charge in [0, 0.05) is 18.0 Å². The number of hydrogen-bond acceptors (Lipinski definition) is 4. The molecular formula is C19H28N3O4+. The molecule has 7 heteroatoms. The van der Waals surface area contributed by atoms with E-state index in [0.29, 0.717) is 13.2 Å². The predicted octanol–water partition coefficient (Wildman–Crippen LogP) is 0.413. The van der Waals surface area contributed by atoms with Crippen LogP contribution in [0.5, 0.6) is 11.5 Å². The van der Waals surface area contributed by atoms with Crippen molar-refractivity contribution in [1.29, 1.82) is 0 Å². The van der Waals surface area contributed by atoms with Crippen molar-refractivity contribution < 1.29 is 24.0 Å². The first-order valence-electron chi connectivity index (χ1n) is 9.44. The highest BCUT2D eigenvalue weighted by molar-refractivity contribution is 5.94. The normalized spacial score (nSPS) is 18.6. The van der Waals surface area contributed by atoms with E-state index in [1.165, 1.54) is 11.1 Å². The van der Waals surface area contributed by atoms with Crippen LogP contribution in [0.3, 0.4) is 0 Å². The lowest BCUT2D eigenvalue weighted by Crippen LogP contribution is -3.13. The molecule has 1 aromatic rings. The summed E-state index contributed by atoms with van der Waals surface area (Å²) in [7, 11) is 0. The zero-order valence-electron chi connectivity index (χ0n) is 15.5. The maximum absolute atomic E-state index is 12.1. The van der Waals surface area contributed by atoms with Crippen molar-refractivity contribution in [3.8, 4) is 11.5 Å². The predicted molar refractivity (Wildman–Crippen MR) is 96.6 cm³/mol. The molecule has 1 saturated carbocycles. The Kier molecular flexibility index (Phi) is 5.98. The molecular weight excluding hydrogens is 334 g/mol. The lowest BCUT2D eigenvalue weighted by Gasteiger charge is -2.26. The van der Waals surface area contributed by atoms with Gasteiger partial charge in [0.25, 0.3) is 5.91 Å². The van der Waals surface area contributed by atoms with Gasteiger partial charge in [0.15, 0.2) is 18.0 Å². The third-order valence-corrected chi connectivity index (χ3v) is 4.63. The van der Waals surface area contributed by atoms with Crippen molar-refractivity contribution in [2.45, 2.75) is 45.7 Å². The summed E-state index contributed by atoms with van der Waals surface area (Å²) in [6.07, 6.45) is 2.88. The summed E-state index contributed by atoms with van der Waals surface area (Å²) < 4.78 is 11.4. The summed E-state index contributed by atoms with van der Waals surface area (Å²) in [4.78, 5) is 24.9. The number of urea groups is 1. The van der Waals surface area contributed by atoms with Crippen LogP contribution in [0.4, 0.5) is 4.79 Å². The fourth-order valence-corrected chi connectivity index (χ4v) is 3.25. The number of carbonyl (C=O) groups is 2. The van der Waals surface area contributed by atoms with Gasteiger partial charge in [-0.2, -0.15) is 0 Å². The Labute approximate surface area is 154 Å². The minimum absolute atomic E-state index is 0.238. The van der Waals surface area contributed by atoms with E-state index in [1.54, 1.807) is 0 Å². The summed E-state index contributed by atoms with van der Waals surface area (Å²) >= 11 is 0. The highest BCUT2D eigenvalue weighted by atomic mass is 16.5. The van der Waals surface area contributed by atoms with E-state index in [2.05, 4.69) is 16.7 Å². The Morgan fingerprint density at radius 1 is 1.12 bits per heavy atom. The van der Waals surface area contributed by atoms with Crippen LogP contribution in [0.25, 0.3) is 0 Å². The quantitative estimate of drug-likeness (QED) is 0.656. The van der Waals surface area contributed by atoms with E-state index in [0.717, 1.165) is 48.8 Å². The zero-order chi connectivity index (χ0) is 18.5. The molecule has 3 rings (SSSR count). The van der Waals surface area contributed by atoms with Gasteiger partial charge in [-0.1, -0.05) is 0 Å². The number of amides is 3. The van der Waals surface area contributed by atoms with Crippen LogP contribution in [-0.2, 0) is 17.8 Å². The average molecular weight is 362 g/mol. The molecule has 3 N–H and O–H groups in total. The van der Waals surface area contributed by atoms with E-state index in [9.17, 15) is 9.59 Å². The molecule has 0 spiro atoms. The second-order valence-corrected chi connectivity index (χ2v) is 6.83. The molecule has 1 aliphatic carbocycles. The van der Waals surface area contributed by atoms with Gasteiger partial charge in [-0.3, -0.25) is 10.1 Å². The molecule has 0 radical (unpaired) electrons. The number of quaternary nitrogens is 1. The topological polar surface area (TPSA) is 81.1 Å². The van der Waals surface area contributed by atoms with Crippen molar-refractivity contribution in [2.24, 2.45) is 0 Å². The molecule has 1 aromatic carbocycles. The third kappa shape index (κ3) is 4.88. The molecule has 1 atom stereocenters. The van der Waals surface area contributed by atoms with Gasteiger partial charge in [0.05, 0.1) is 19.8 Å². The number of imide groups is 1. The average Bonchev–Trinajstić information content (AvgIpc) is 3.39. The van der Waals surface area contributed by atoms with Crippen molar-refractivity contribution >= 4 is 11.9 Å². The Hall–Kier alpha value is -2.28. The smallest absolute Gasteiger partial charge is 0.321 e. The van der Waals surface area contributed by atoms with Gasteiger partial charge in [-0.25, -0.2) is 4.79 Å². The molecule has 1 heterocycles.